The van der Waals surface area contributed by atoms with E-state index in [1.807, 2.05) is 53.2 Å². The Morgan fingerprint density at radius 2 is 2.03 bits per heavy atom. The summed E-state index contributed by atoms with van der Waals surface area (Å²) >= 11 is 6.44. The molecule has 1 aliphatic rings. The van der Waals surface area contributed by atoms with Gasteiger partial charge in [0.2, 0.25) is 5.95 Å². The number of aromatic nitrogens is 4. The molecule has 2 aromatic heterocycles. The molecule has 0 unspecified atom stereocenters. The maximum absolute atomic E-state index is 12.3. The summed E-state index contributed by atoms with van der Waals surface area (Å²) in [5.74, 6) is 0.424. The average Bonchev–Trinajstić information content (AvgIpc) is 3.24. The molecule has 0 saturated carbocycles. The van der Waals surface area contributed by atoms with Gasteiger partial charge in [-0.3, -0.25) is 4.68 Å². The molecule has 0 aliphatic carbocycles. The van der Waals surface area contributed by atoms with Gasteiger partial charge in [0.25, 0.3) is 0 Å². The molecule has 1 amide bonds. The van der Waals surface area contributed by atoms with Crippen LogP contribution in [-0.2, 0) is 17.8 Å². The molecule has 1 aliphatic heterocycles. The number of carbonyl (C=O) groups is 1. The molecule has 11 heteroatoms. The third-order valence-corrected chi connectivity index (χ3v) is 6.15. The fourth-order valence-electron chi connectivity index (χ4n) is 4.26. The Hall–Kier alpha value is -3.21. The van der Waals surface area contributed by atoms with E-state index in [2.05, 4.69) is 37.4 Å². The molecule has 3 aromatic rings. The highest BCUT2D eigenvalue weighted by atomic mass is 35.5. The molecule has 1 saturated heterocycles. The largest absolute Gasteiger partial charge is 0.444 e. The van der Waals surface area contributed by atoms with Crippen LogP contribution in [0.25, 0.3) is 11.3 Å². The van der Waals surface area contributed by atoms with Crippen molar-refractivity contribution in [3.05, 3.63) is 53.4 Å². The summed E-state index contributed by atoms with van der Waals surface area (Å²) in [7, 11) is 4.05. The van der Waals surface area contributed by atoms with Crippen LogP contribution in [0.3, 0.4) is 0 Å². The molecule has 198 valence electrons. The van der Waals surface area contributed by atoms with Crippen LogP contribution in [0.4, 0.5) is 16.4 Å². The van der Waals surface area contributed by atoms with Crippen molar-refractivity contribution in [2.75, 3.05) is 39.1 Å². The summed E-state index contributed by atoms with van der Waals surface area (Å²) in [5.41, 5.74) is 2.28. The van der Waals surface area contributed by atoms with E-state index in [0.717, 1.165) is 17.8 Å². The van der Waals surface area contributed by atoms with Crippen molar-refractivity contribution in [1.29, 1.82) is 0 Å². The van der Waals surface area contributed by atoms with Gasteiger partial charge in [-0.1, -0.05) is 23.7 Å². The molecule has 4 rings (SSSR count). The number of aliphatic hydroxyl groups is 1. The first kappa shape index (κ1) is 26.8. The second-order valence-electron chi connectivity index (χ2n) is 10.9. The molecular formula is C26H34ClN7O3. The molecule has 0 atom stereocenters. The van der Waals surface area contributed by atoms with E-state index in [-0.39, 0.29) is 12.7 Å². The zero-order chi connectivity index (χ0) is 26.8. The van der Waals surface area contributed by atoms with E-state index in [1.165, 1.54) is 5.56 Å². The minimum Gasteiger partial charge on any atom is -0.444 e. The summed E-state index contributed by atoms with van der Waals surface area (Å²) in [6.07, 6.45) is 4.71. The van der Waals surface area contributed by atoms with E-state index >= 15 is 0 Å². The van der Waals surface area contributed by atoms with Gasteiger partial charge in [0.1, 0.15) is 5.60 Å². The smallest absolute Gasteiger partial charge is 0.410 e. The van der Waals surface area contributed by atoms with Gasteiger partial charge in [-0.25, -0.2) is 14.8 Å². The lowest BCUT2D eigenvalue weighted by atomic mass is 9.81. The summed E-state index contributed by atoms with van der Waals surface area (Å²) in [5, 5.41) is 18.2. The van der Waals surface area contributed by atoms with Crippen LogP contribution in [0.1, 0.15) is 26.3 Å². The number of ether oxygens (including phenoxy) is 1. The van der Waals surface area contributed by atoms with E-state index in [1.54, 1.807) is 22.0 Å². The van der Waals surface area contributed by atoms with Gasteiger partial charge < -0.3 is 25.0 Å². The third-order valence-electron chi connectivity index (χ3n) is 5.87. The van der Waals surface area contributed by atoms with Gasteiger partial charge in [0, 0.05) is 42.5 Å². The third kappa shape index (κ3) is 6.76. The van der Waals surface area contributed by atoms with Crippen molar-refractivity contribution in [3.63, 3.8) is 0 Å². The first-order chi connectivity index (χ1) is 17.4. The number of hydrogen-bond acceptors (Lipinski definition) is 8. The maximum atomic E-state index is 12.3. The van der Waals surface area contributed by atoms with Crippen molar-refractivity contribution >= 4 is 29.3 Å². The zero-order valence-electron chi connectivity index (χ0n) is 21.9. The number of carbonyl (C=O) groups excluding carboxylic acids is 1. The number of likely N-dealkylation sites (tertiary alicyclic amines) is 1. The lowest BCUT2D eigenvalue weighted by Gasteiger charge is -2.48. The Morgan fingerprint density at radius 1 is 1.27 bits per heavy atom. The molecule has 0 radical (unpaired) electrons. The first-order valence-corrected chi connectivity index (χ1v) is 12.5. The standard InChI is InChI=1S/C26H34ClN7O3/c1-25(2,3)37-24(36)33-14-26(15-33,17-35)16-34-13-19(10-29-34)22-21(27)11-28-23(31-22)30-20-8-6-7-18(9-20)12-32(4)5/h6-11,13,35H,12,14-17H2,1-5H3,(H,28,30,31). The second-order valence-corrected chi connectivity index (χ2v) is 11.3. The second kappa shape index (κ2) is 10.6. The SMILES string of the molecule is CN(C)Cc1cccc(Nc2ncc(Cl)c(-c3cnn(CC4(CO)CN(C(=O)OC(C)(C)C)C4)c3)n2)c1. The van der Waals surface area contributed by atoms with Gasteiger partial charge in [0.15, 0.2) is 0 Å². The predicted octanol–water partition coefficient (Wildman–Crippen LogP) is 4.03. The van der Waals surface area contributed by atoms with Gasteiger partial charge in [-0.15, -0.1) is 0 Å². The van der Waals surface area contributed by atoms with Crippen molar-refractivity contribution < 1.29 is 14.6 Å². The Morgan fingerprint density at radius 3 is 2.70 bits per heavy atom. The normalized spacial score (nSPS) is 15.0. The number of halogens is 1. The van der Waals surface area contributed by atoms with Gasteiger partial charge in [0.05, 0.1) is 36.3 Å². The van der Waals surface area contributed by atoms with Crippen molar-refractivity contribution in [1.82, 2.24) is 29.5 Å². The first-order valence-electron chi connectivity index (χ1n) is 12.1. The summed E-state index contributed by atoms with van der Waals surface area (Å²) < 4.78 is 7.17. The van der Waals surface area contributed by atoms with E-state index in [4.69, 9.17) is 16.3 Å². The number of anilines is 2. The molecule has 1 fully saturated rings. The highest BCUT2D eigenvalue weighted by molar-refractivity contribution is 6.32. The highest BCUT2D eigenvalue weighted by Crippen LogP contribution is 2.34. The number of aliphatic hydroxyl groups excluding tert-OH is 1. The van der Waals surface area contributed by atoms with Crippen molar-refractivity contribution in [3.8, 4) is 11.3 Å². The van der Waals surface area contributed by atoms with Crippen LogP contribution in [0, 0.1) is 5.41 Å². The molecule has 0 spiro atoms. The van der Waals surface area contributed by atoms with Crippen molar-refractivity contribution in [2.45, 2.75) is 39.5 Å². The lowest BCUT2D eigenvalue weighted by molar-refractivity contribution is -0.0648. The number of nitrogens with one attached hydrogen (secondary N) is 1. The van der Waals surface area contributed by atoms with Gasteiger partial charge in [-0.2, -0.15) is 5.10 Å². The Kier molecular flexibility index (Phi) is 7.72. The van der Waals surface area contributed by atoms with E-state index in [9.17, 15) is 9.90 Å². The molecule has 1 aromatic carbocycles. The van der Waals surface area contributed by atoms with Crippen LogP contribution >= 0.6 is 11.6 Å². The number of hydrogen-bond donors (Lipinski definition) is 2. The summed E-state index contributed by atoms with van der Waals surface area (Å²) in [6.45, 7) is 7.47. The Balaban J connectivity index is 1.45. The monoisotopic (exact) mass is 527 g/mol. The van der Waals surface area contributed by atoms with Crippen LogP contribution in [-0.4, -0.2) is 80.1 Å². The predicted molar refractivity (Wildman–Crippen MR) is 143 cm³/mol. The topological polar surface area (TPSA) is 109 Å². The molecule has 0 bridgehead atoms. The molecule has 37 heavy (non-hydrogen) atoms. The minimum atomic E-state index is -0.565. The Labute approximate surface area is 222 Å². The molecule has 3 heterocycles. The number of rotatable bonds is 8. The zero-order valence-corrected chi connectivity index (χ0v) is 22.7. The lowest BCUT2D eigenvalue weighted by Crippen LogP contribution is -2.62. The van der Waals surface area contributed by atoms with E-state index < -0.39 is 11.0 Å². The Bertz CT molecular complexity index is 1250. The molecule has 10 nitrogen and oxygen atoms in total. The van der Waals surface area contributed by atoms with Crippen LogP contribution in [0.15, 0.2) is 42.9 Å². The van der Waals surface area contributed by atoms with Gasteiger partial charge in [-0.05, 0) is 52.6 Å². The van der Waals surface area contributed by atoms with Crippen LogP contribution < -0.4 is 5.32 Å². The fraction of sp³-hybridized carbons (Fsp3) is 0.462. The fourth-order valence-corrected chi connectivity index (χ4v) is 4.46. The maximum Gasteiger partial charge on any atom is 0.410 e. The summed E-state index contributed by atoms with van der Waals surface area (Å²) in [4.78, 5) is 25.0. The van der Waals surface area contributed by atoms with Gasteiger partial charge >= 0.3 is 6.09 Å². The van der Waals surface area contributed by atoms with Crippen molar-refractivity contribution in [2.24, 2.45) is 5.41 Å². The number of benzene rings is 1. The van der Waals surface area contributed by atoms with Crippen LogP contribution in [0.5, 0.6) is 0 Å². The number of amides is 1. The average molecular weight is 528 g/mol. The quantitative estimate of drug-likeness (QED) is 0.452. The highest BCUT2D eigenvalue weighted by Gasteiger charge is 2.46. The molecule has 2 N–H and O–H groups in total. The summed E-state index contributed by atoms with van der Waals surface area (Å²) in [6, 6.07) is 8.08. The molecular weight excluding hydrogens is 494 g/mol. The van der Waals surface area contributed by atoms with E-state index in [0.29, 0.717) is 36.3 Å². The van der Waals surface area contributed by atoms with Crippen LogP contribution in [0.2, 0.25) is 5.02 Å². The number of nitrogens with zero attached hydrogens (tertiary/aromatic N) is 6. The minimum absolute atomic E-state index is 0.0727.